The number of carbonyl (C=O) groups excluding carboxylic acids is 3. The van der Waals surface area contributed by atoms with Crippen molar-refractivity contribution in [2.75, 3.05) is 19.1 Å². The number of rotatable bonds is 7. The molecule has 3 rings (SSSR count). The lowest BCUT2D eigenvalue weighted by Crippen LogP contribution is -2.47. The number of amides is 2. The fourth-order valence-corrected chi connectivity index (χ4v) is 3.65. The molecule has 0 bridgehead atoms. The molecule has 1 aliphatic rings. The molecule has 0 saturated heterocycles. The Bertz CT molecular complexity index is 1030. The Morgan fingerprint density at radius 1 is 0.966 bits per heavy atom. The number of hydrogen-bond acceptors (Lipinski definition) is 7. The number of imide groups is 1. The molecular weight excluding hydrogens is 398 g/mol. The van der Waals surface area contributed by atoms with Crippen LogP contribution in [0.25, 0.3) is 0 Å². The van der Waals surface area contributed by atoms with Gasteiger partial charge in [-0.05, 0) is 42.8 Å². The van der Waals surface area contributed by atoms with Crippen LogP contribution in [0.2, 0.25) is 0 Å². The highest BCUT2D eigenvalue weighted by Crippen LogP contribution is 2.27. The van der Waals surface area contributed by atoms with E-state index < -0.39 is 33.7 Å². The molecule has 1 unspecified atom stereocenters. The molecule has 0 aromatic heterocycles. The minimum absolute atomic E-state index is 0.166. The van der Waals surface area contributed by atoms with Crippen LogP contribution in [-0.2, 0) is 14.6 Å². The third-order valence-corrected chi connectivity index (χ3v) is 5.43. The molecule has 152 valence electrons. The van der Waals surface area contributed by atoms with E-state index in [4.69, 9.17) is 9.47 Å². The van der Waals surface area contributed by atoms with Crippen LogP contribution in [-0.4, -0.2) is 56.3 Å². The summed E-state index contributed by atoms with van der Waals surface area (Å²) in [7, 11) is -1.95. The molecule has 1 heterocycles. The number of carbonyl (C=O) groups is 3. The molecule has 8 nitrogen and oxygen atoms in total. The van der Waals surface area contributed by atoms with Gasteiger partial charge in [0.15, 0.2) is 0 Å². The van der Waals surface area contributed by atoms with E-state index in [1.54, 1.807) is 24.3 Å². The van der Waals surface area contributed by atoms with E-state index in [1.807, 2.05) is 0 Å². The maximum atomic E-state index is 12.8. The summed E-state index contributed by atoms with van der Waals surface area (Å²) < 4.78 is 33.6. The summed E-state index contributed by atoms with van der Waals surface area (Å²) in [5.74, 6) is -1.86. The fourth-order valence-electron chi connectivity index (χ4n) is 3.00. The normalized spacial score (nSPS) is 14.5. The minimum Gasteiger partial charge on any atom is -0.497 e. The van der Waals surface area contributed by atoms with Gasteiger partial charge >= 0.3 is 5.97 Å². The number of methoxy groups -OCH3 is 1. The second kappa shape index (κ2) is 8.04. The zero-order chi connectivity index (χ0) is 21.2. The van der Waals surface area contributed by atoms with E-state index in [-0.39, 0.29) is 29.1 Å². The molecule has 2 aromatic rings. The van der Waals surface area contributed by atoms with Gasteiger partial charge in [0.25, 0.3) is 11.8 Å². The van der Waals surface area contributed by atoms with Crippen LogP contribution in [0.1, 0.15) is 27.1 Å². The zero-order valence-corrected chi connectivity index (χ0v) is 16.6. The summed E-state index contributed by atoms with van der Waals surface area (Å²) in [6, 6.07) is 10.9. The lowest BCUT2D eigenvalue weighted by atomic mass is 10.1. The van der Waals surface area contributed by atoms with Crippen LogP contribution in [0.5, 0.6) is 11.5 Å². The van der Waals surface area contributed by atoms with Gasteiger partial charge in [-0.1, -0.05) is 12.1 Å². The van der Waals surface area contributed by atoms with Gasteiger partial charge in [0.05, 0.1) is 24.0 Å². The Hall–Kier alpha value is -3.20. The quantitative estimate of drug-likeness (QED) is 0.383. The van der Waals surface area contributed by atoms with Gasteiger partial charge in [0, 0.05) is 6.26 Å². The van der Waals surface area contributed by atoms with E-state index in [2.05, 4.69) is 0 Å². The second-order valence-electron chi connectivity index (χ2n) is 6.56. The van der Waals surface area contributed by atoms with E-state index >= 15 is 0 Å². The first kappa shape index (κ1) is 20.5. The van der Waals surface area contributed by atoms with Crippen molar-refractivity contribution in [2.24, 2.45) is 0 Å². The van der Waals surface area contributed by atoms with Crippen molar-refractivity contribution in [3.05, 3.63) is 59.7 Å². The summed E-state index contributed by atoms with van der Waals surface area (Å²) in [6.45, 7) is 0. The van der Waals surface area contributed by atoms with Crippen molar-refractivity contribution in [3.63, 3.8) is 0 Å². The molecule has 2 aromatic carbocycles. The highest BCUT2D eigenvalue weighted by Gasteiger charge is 2.43. The van der Waals surface area contributed by atoms with Gasteiger partial charge in [-0.15, -0.1) is 0 Å². The Labute approximate surface area is 167 Å². The number of sulfone groups is 1. The highest BCUT2D eigenvalue weighted by molar-refractivity contribution is 7.90. The maximum Gasteiger partial charge on any atom is 0.334 e. The van der Waals surface area contributed by atoms with Crippen molar-refractivity contribution in [1.82, 2.24) is 4.90 Å². The predicted molar refractivity (Wildman–Crippen MR) is 104 cm³/mol. The monoisotopic (exact) mass is 417 g/mol. The lowest BCUT2D eigenvalue weighted by Gasteiger charge is -2.24. The van der Waals surface area contributed by atoms with Gasteiger partial charge in [-0.2, -0.15) is 0 Å². The maximum absolute atomic E-state index is 12.8. The van der Waals surface area contributed by atoms with Crippen molar-refractivity contribution in [1.29, 1.82) is 0 Å². The molecule has 1 aliphatic heterocycles. The molecule has 0 fully saturated rings. The van der Waals surface area contributed by atoms with Gasteiger partial charge < -0.3 is 9.47 Å². The third kappa shape index (κ3) is 4.45. The lowest BCUT2D eigenvalue weighted by molar-refractivity contribution is -0.138. The average Bonchev–Trinajstić information content (AvgIpc) is 2.93. The SMILES string of the molecule is COc1ccc(OC(=O)C(CCS(C)(=O)=O)N2C(=O)c3ccccc3C2=O)cc1. The number of benzene rings is 2. The van der Waals surface area contributed by atoms with Crippen molar-refractivity contribution < 1.29 is 32.3 Å². The van der Waals surface area contributed by atoms with Crippen LogP contribution < -0.4 is 9.47 Å². The molecule has 0 spiro atoms. The van der Waals surface area contributed by atoms with E-state index in [0.29, 0.717) is 5.75 Å². The first-order valence-corrected chi connectivity index (χ1v) is 10.8. The van der Waals surface area contributed by atoms with Gasteiger partial charge in [-0.3, -0.25) is 14.5 Å². The molecule has 0 N–H and O–H groups in total. The number of esters is 1. The molecule has 0 saturated carbocycles. The summed E-state index contributed by atoms with van der Waals surface area (Å²) >= 11 is 0. The van der Waals surface area contributed by atoms with Crippen molar-refractivity contribution >= 4 is 27.6 Å². The third-order valence-electron chi connectivity index (χ3n) is 4.45. The average molecular weight is 417 g/mol. The molecule has 9 heteroatoms. The summed E-state index contributed by atoms with van der Waals surface area (Å²) in [4.78, 5) is 39.1. The smallest absolute Gasteiger partial charge is 0.334 e. The van der Waals surface area contributed by atoms with Crippen LogP contribution in [0.3, 0.4) is 0 Å². The molecule has 29 heavy (non-hydrogen) atoms. The Kier molecular flexibility index (Phi) is 5.69. The number of nitrogens with zero attached hydrogens (tertiary/aromatic N) is 1. The van der Waals surface area contributed by atoms with Crippen LogP contribution in [0.15, 0.2) is 48.5 Å². The topological polar surface area (TPSA) is 107 Å². The van der Waals surface area contributed by atoms with E-state index in [9.17, 15) is 22.8 Å². The molecule has 0 radical (unpaired) electrons. The van der Waals surface area contributed by atoms with E-state index in [0.717, 1.165) is 11.2 Å². The molecular formula is C20H19NO7S. The van der Waals surface area contributed by atoms with Crippen LogP contribution in [0.4, 0.5) is 0 Å². The summed E-state index contributed by atoms with van der Waals surface area (Å²) in [5, 5.41) is 0. The minimum atomic E-state index is -3.44. The first-order valence-electron chi connectivity index (χ1n) is 8.71. The Balaban J connectivity index is 1.89. The largest absolute Gasteiger partial charge is 0.497 e. The number of fused-ring (bicyclic) bond motifs is 1. The summed E-state index contributed by atoms with van der Waals surface area (Å²) in [6.07, 6.45) is 0.751. The fraction of sp³-hybridized carbons (Fsp3) is 0.250. The first-order chi connectivity index (χ1) is 13.7. The van der Waals surface area contributed by atoms with Crippen molar-refractivity contribution in [2.45, 2.75) is 12.5 Å². The Morgan fingerprint density at radius 3 is 1.97 bits per heavy atom. The molecule has 2 amide bonds. The number of ether oxygens (including phenoxy) is 2. The Morgan fingerprint density at radius 2 is 1.48 bits per heavy atom. The standard InChI is InChI=1S/C20H19NO7S/c1-27-13-7-9-14(10-8-13)28-20(24)17(11-12-29(2,25)26)21-18(22)15-5-3-4-6-16(15)19(21)23/h3-10,17H,11-12H2,1-2H3. The highest BCUT2D eigenvalue weighted by atomic mass is 32.2. The van der Waals surface area contributed by atoms with Crippen LogP contribution >= 0.6 is 0 Å². The van der Waals surface area contributed by atoms with Crippen molar-refractivity contribution in [3.8, 4) is 11.5 Å². The zero-order valence-electron chi connectivity index (χ0n) is 15.8. The second-order valence-corrected chi connectivity index (χ2v) is 8.82. The van der Waals surface area contributed by atoms with Gasteiger partial charge in [0.2, 0.25) is 0 Å². The number of hydrogen-bond donors (Lipinski definition) is 0. The molecule has 1 atom stereocenters. The predicted octanol–water partition coefficient (Wildman–Crippen LogP) is 1.70. The van der Waals surface area contributed by atoms with E-state index in [1.165, 1.54) is 31.4 Å². The van der Waals surface area contributed by atoms with Gasteiger partial charge in [0.1, 0.15) is 27.4 Å². The van der Waals surface area contributed by atoms with Crippen LogP contribution in [0, 0.1) is 0 Å². The summed E-state index contributed by atoms with van der Waals surface area (Å²) in [5.41, 5.74) is 0.332. The molecule has 0 aliphatic carbocycles. The van der Waals surface area contributed by atoms with Gasteiger partial charge in [-0.25, -0.2) is 13.2 Å².